The second-order valence-electron chi connectivity index (χ2n) is 5.08. The summed E-state index contributed by atoms with van der Waals surface area (Å²) >= 11 is 0. The minimum Gasteiger partial charge on any atom is -0.379 e. The summed E-state index contributed by atoms with van der Waals surface area (Å²) in [7, 11) is 0. The molecular weight excluding hydrogens is 218 g/mol. The molecule has 3 atom stereocenters. The Morgan fingerprint density at radius 3 is 3.00 bits per heavy atom. The smallest absolute Gasteiger partial charge is 0.317 e. The first kappa shape index (κ1) is 12.6. The van der Waals surface area contributed by atoms with Crippen LogP contribution >= 0.6 is 0 Å². The second-order valence-corrected chi connectivity index (χ2v) is 5.08. The molecule has 2 aliphatic heterocycles. The zero-order valence-corrected chi connectivity index (χ0v) is 10.5. The lowest BCUT2D eigenvalue weighted by atomic mass is 9.91. The molecule has 2 aliphatic rings. The quantitative estimate of drug-likeness (QED) is 0.741. The van der Waals surface area contributed by atoms with Crippen LogP contribution in [0.15, 0.2) is 0 Å². The fourth-order valence-corrected chi connectivity index (χ4v) is 2.58. The third kappa shape index (κ3) is 3.10. The van der Waals surface area contributed by atoms with Crippen LogP contribution in [0.3, 0.4) is 0 Å². The van der Waals surface area contributed by atoms with Gasteiger partial charge in [0.25, 0.3) is 0 Å². The highest BCUT2D eigenvalue weighted by Crippen LogP contribution is 2.18. The number of nitrogens with one attached hydrogen (secondary N) is 1. The van der Waals surface area contributed by atoms with Gasteiger partial charge >= 0.3 is 6.03 Å². The number of hydrogen-bond donors (Lipinski definition) is 2. The summed E-state index contributed by atoms with van der Waals surface area (Å²) in [5.74, 6) is 0.439. The number of nitrogens with zero attached hydrogens (tertiary/aromatic N) is 1. The van der Waals surface area contributed by atoms with Crippen LogP contribution in [0.1, 0.15) is 26.2 Å². The predicted molar refractivity (Wildman–Crippen MR) is 65.7 cm³/mol. The largest absolute Gasteiger partial charge is 0.379 e. The zero-order valence-electron chi connectivity index (χ0n) is 10.5. The number of piperidine rings is 1. The average molecular weight is 241 g/mol. The number of ether oxygens (including phenoxy) is 1. The first-order valence-electron chi connectivity index (χ1n) is 6.59. The average Bonchev–Trinajstić information content (AvgIpc) is 2.82. The van der Waals surface area contributed by atoms with E-state index in [1.54, 1.807) is 0 Å². The molecule has 0 spiro atoms. The molecule has 0 aromatic rings. The van der Waals surface area contributed by atoms with Crippen LogP contribution in [-0.2, 0) is 4.74 Å². The van der Waals surface area contributed by atoms with Crippen molar-refractivity contribution in [2.45, 2.75) is 38.3 Å². The molecule has 2 rings (SSSR count). The number of amides is 2. The molecule has 0 radical (unpaired) electrons. The summed E-state index contributed by atoms with van der Waals surface area (Å²) in [5.41, 5.74) is 6.04. The maximum absolute atomic E-state index is 12.0. The molecule has 98 valence electrons. The van der Waals surface area contributed by atoms with Crippen molar-refractivity contribution in [2.75, 3.05) is 26.3 Å². The summed E-state index contributed by atoms with van der Waals surface area (Å²) in [5, 5.41) is 3.03. The molecule has 17 heavy (non-hydrogen) atoms. The van der Waals surface area contributed by atoms with Crippen molar-refractivity contribution in [3.8, 4) is 0 Å². The molecule has 2 heterocycles. The molecule has 3 unspecified atom stereocenters. The van der Waals surface area contributed by atoms with Crippen molar-refractivity contribution in [3.05, 3.63) is 0 Å². The molecule has 0 aromatic heterocycles. The molecular formula is C12H23N3O2. The van der Waals surface area contributed by atoms with Crippen molar-refractivity contribution in [2.24, 2.45) is 11.7 Å². The van der Waals surface area contributed by atoms with Gasteiger partial charge in [0.2, 0.25) is 0 Å². The molecule has 3 N–H and O–H groups in total. The van der Waals surface area contributed by atoms with Crippen LogP contribution in [0.5, 0.6) is 0 Å². The van der Waals surface area contributed by atoms with Crippen molar-refractivity contribution in [1.82, 2.24) is 10.2 Å². The van der Waals surface area contributed by atoms with E-state index in [9.17, 15) is 4.79 Å². The summed E-state index contributed by atoms with van der Waals surface area (Å²) in [4.78, 5) is 13.9. The lowest BCUT2D eigenvalue weighted by Gasteiger charge is -2.36. The summed E-state index contributed by atoms with van der Waals surface area (Å²) in [6.45, 7) is 5.11. The summed E-state index contributed by atoms with van der Waals surface area (Å²) in [6, 6.07) is 0.489. The van der Waals surface area contributed by atoms with E-state index in [4.69, 9.17) is 10.5 Å². The molecule has 2 amide bonds. The van der Waals surface area contributed by atoms with Crippen molar-refractivity contribution in [1.29, 1.82) is 0 Å². The molecule has 2 fully saturated rings. The van der Waals surface area contributed by atoms with Gasteiger partial charge in [0.1, 0.15) is 0 Å². The van der Waals surface area contributed by atoms with E-state index >= 15 is 0 Å². The number of urea groups is 1. The van der Waals surface area contributed by atoms with E-state index < -0.39 is 0 Å². The first-order valence-corrected chi connectivity index (χ1v) is 6.59. The van der Waals surface area contributed by atoms with Crippen LogP contribution in [0.4, 0.5) is 4.79 Å². The Morgan fingerprint density at radius 2 is 2.35 bits per heavy atom. The number of rotatable bonds is 2. The number of nitrogens with two attached hydrogens (primary N) is 1. The third-order valence-corrected chi connectivity index (χ3v) is 3.86. The van der Waals surface area contributed by atoms with E-state index in [1.165, 1.54) is 0 Å². The summed E-state index contributed by atoms with van der Waals surface area (Å²) < 4.78 is 5.25. The maximum Gasteiger partial charge on any atom is 0.317 e. The second kappa shape index (κ2) is 5.69. The van der Waals surface area contributed by atoms with Crippen molar-refractivity contribution in [3.63, 3.8) is 0 Å². The highest BCUT2D eigenvalue weighted by molar-refractivity contribution is 5.74. The first-order chi connectivity index (χ1) is 8.20. The number of carbonyl (C=O) groups excluding carboxylic acids is 1. The lowest BCUT2D eigenvalue weighted by molar-refractivity contribution is 0.147. The lowest BCUT2D eigenvalue weighted by Crippen LogP contribution is -2.53. The summed E-state index contributed by atoms with van der Waals surface area (Å²) in [6.07, 6.45) is 2.88. The fraction of sp³-hybridized carbons (Fsp3) is 0.917. The number of hydrogen-bond acceptors (Lipinski definition) is 3. The van der Waals surface area contributed by atoms with Gasteiger partial charge in [-0.2, -0.15) is 0 Å². The van der Waals surface area contributed by atoms with Crippen LogP contribution in [0, 0.1) is 5.92 Å². The molecule has 2 saturated heterocycles. The Kier molecular flexibility index (Phi) is 4.23. The molecule has 5 nitrogen and oxygen atoms in total. The Hall–Kier alpha value is -0.810. The number of carbonyl (C=O) groups is 1. The fourth-order valence-electron chi connectivity index (χ4n) is 2.58. The standard InChI is InChI=1S/C12H23N3O2/c1-2-9-7-15(5-3-11(9)13)12(16)14-10-4-6-17-8-10/h9-11H,2-8,13H2,1H3,(H,14,16). The molecule has 5 heteroatoms. The normalized spacial score (nSPS) is 33.8. The Labute approximate surface area is 103 Å². The molecule has 0 aliphatic carbocycles. The topological polar surface area (TPSA) is 67.6 Å². The number of likely N-dealkylation sites (tertiary alicyclic amines) is 1. The minimum absolute atomic E-state index is 0.0471. The Morgan fingerprint density at radius 1 is 1.53 bits per heavy atom. The molecule has 0 bridgehead atoms. The maximum atomic E-state index is 12.0. The van der Waals surface area contributed by atoms with E-state index in [2.05, 4.69) is 12.2 Å². The molecule has 0 saturated carbocycles. The van der Waals surface area contributed by atoms with Crippen LogP contribution in [0.2, 0.25) is 0 Å². The van der Waals surface area contributed by atoms with Gasteiger partial charge in [-0.25, -0.2) is 4.79 Å². The van der Waals surface area contributed by atoms with Crippen LogP contribution in [-0.4, -0.2) is 49.3 Å². The van der Waals surface area contributed by atoms with Crippen molar-refractivity contribution < 1.29 is 9.53 Å². The van der Waals surface area contributed by atoms with Gasteiger partial charge in [-0.05, 0) is 18.8 Å². The van der Waals surface area contributed by atoms with Gasteiger partial charge in [0.15, 0.2) is 0 Å². The van der Waals surface area contributed by atoms with Crippen LogP contribution in [0.25, 0.3) is 0 Å². The van der Waals surface area contributed by atoms with Gasteiger partial charge in [-0.3, -0.25) is 0 Å². The highest BCUT2D eigenvalue weighted by Gasteiger charge is 2.29. The van der Waals surface area contributed by atoms with E-state index in [0.29, 0.717) is 12.5 Å². The van der Waals surface area contributed by atoms with Gasteiger partial charge in [-0.15, -0.1) is 0 Å². The van der Waals surface area contributed by atoms with Crippen molar-refractivity contribution >= 4 is 6.03 Å². The van der Waals surface area contributed by atoms with Gasteiger partial charge in [0.05, 0.1) is 12.6 Å². The third-order valence-electron chi connectivity index (χ3n) is 3.86. The Balaban J connectivity index is 1.82. The monoisotopic (exact) mass is 241 g/mol. The highest BCUT2D eigenvalue weighted by atomic mass is 16.5. The predicted octanol–water partition coefficient (Wildman–Crippen LogP) is 0.544. The molecule has 0 aromatic carbocycles. The van der Waals surface area contributed by atoms with E-state index in [-0.39, 0.29) is 18.1 Å². The Bertz CT molecular complexity index is 266. The van der Waals surface area contributed by atoms with E-state index in [1.807, 2.05) is 4.90 Å². The van der Waals surface area contributed by atoms with E-state index in [0.717, 1.165) is 39.0 Å². The zero-order chi connectivity index (χ0) is 12.3. The van der Waals surface area contributed by atoms with Gasteiger partial charge < -0.3 is 20.7 Å². The van der Waals surface area contributed by atoms with Gasteiger partial charge in [-0.1, -0.05) is 13.3 Å². The van der Waals surface area contributed by atoms with Crippen LogP contribution < -0.4 is 11.1 Å². The van der Waals surface area contributed by atoms with Gasteiger partial charge in [0, 0.05) is 25.7 Å². The minimum atomic E-state index is 0.0471. The SMILES string of the molecule is CCC1CN(C(=O)NC2CCOC2)CCC1N.